The molecule has 0 saturated carbocycles. The molecule has 1 aliphatic heterocycles. The minimum atomic E-state index is -0.671. The van der Waals surface area contributed by atoms with Crippen LogP contribution in [0.15, 0.2) is 45.8 Å². The van der Waals surface area contributed by atoms with Gasteiger partial charge < -0.3 is 18.9 Å². The number of benzene rings is 2. The van der Waals surface area contributed by atoms with Crippen molar-refractivity contribution < 1.29 is 33.3 Å². The van der Waals surface area contributed by atoms with Gasteiger partial charge in [-0.15, -0.1) is 0 Å². The molecule has 0 aromatic heterocycles. The fourth-order valence-corrected chi connectivity index (χ4v) is 4.71. The zero-order chi connectivity index (χ0) is 26.5. The van der Waals surface area contributed by atoms with E-state index < -0.39 is 23.7 Å². The van der Waals surface area contributed by atoms with Crippen molar-refractivity contribution >= 4 is 50.9 Å². The second kappa shape index (κ2) is 11.8. The molecule has 2 aromatic rings. The highest BCUT2D eigenvalue weighted by Gasteiger charge is 2.36. The lowest BCUT2D eigenvalue weighted by Crippen LogP contribution is -2.34. The zero-order valence-corrected chi connectivity index (χ0v) is 23.2. The van der Waals surface area contributed by atoms with Gasteiger partial charge in [0.1, 0.15) is 25.5 Å². The molecular weight excluding hydrogens is 550 g/mol. The van der Waals surface area contributed by atoms with E-state index in [9.17, 15) is 14.4 Å². The van der Waals surface area contributed by atoms with E-state index in [1.165, 1.54) is 19.8 Å². The molecule has 1 heterocycles. The van der Waals surface area contributed by atoms with Crippen LogP contribution in [0.3, 0.4) is 0 Å². The monoisotopic (exact) mass is 577 g/mol. The summed E-state index contributed by atoms with van der Waals surface area (Å²) in [6.45, 7) is 6.66. The maximum atomic E-state index is 12.6. The van der Waals surface area contributed by atoms with Gasteiger partial charge in [-0.1, -0.05) is 32.9 Å². The summed E-state index contributed by atoms with van der Waals surface area (Å²) in [4.78, 5) is 37.2. The second-order valence-electron chi connectivity index (χ2n) is 8.85. The Balaban J connectivity index is 1.65. The van der Waals surface area contributed by atoms with Gasteiger partial charge in [0.25, 0.3) is 11.1 Å². The minimum Gasteiger partial charge on any atom is -0.493 e. The molecule has 1 aliphatic rings. The number of hydrogen-bond donors (Lipinski definition) is 0. The lowest BCUT2D eigenvalue weighted by molar-refractivity contribution is -0.143. The Kier molecular flexibility index (Phi) is 9.08. The summed E-state index contributed by atoms with van der Waals surface area (Å²) in [5.74, 6) is 0.460. The molecule has 1 fully saturated rings. The maximum Gasteiger partial charge on any atom is 0.325 e. The van der Waals surface area contributed by atoms with Crippen LogP contribution in [-0.4, -0.2) is 56.0 Å². The fraction of sp³-hybridized carbons (Fsp3) is 0.346. The predicted molar refractivity (Wildman–Crippen MR) is 142 cm³/mol. The summed E-state index contributed by atoms with van der Waals surface area (Å²) in [6, 6.07) is 11.4. The number of thioether (sulfide) groups is 1. The Morgan fingerprint density at radius 2 is 1.72 bits per heavy atom. The predicted octanol–water partition coefficient (Wildman–Crippen LogP) is 5.42. The molecular formula is C26H28BrNO7S. The molecule has 1 saturated heterocycles. The Labute approximate surface area is 223 Å². The minimum absolute atomic E-state index is 0.0777. The van der Waals surface area contributed by atoms with Crippen LogP contribution in [0.25, 0.3) is 6.08 Å². The zero-order valence-electron chi connectivity index (χ0n) is 20.8. The highest BCUT2D eigenvalue weighted by Crippen LogP contribution is 2.39. The number of imide groups is 1. The summed E-state index contributed by atoms with van der Waals surface area (Å²) in [7, 11) is 2.71. The van der Waals surface area contributed by atoms with E-state index in [1.54, 1.807) is 18.2 Å². The summed E-state index contributed by atoms with van der Waals surface area (Å²) < 4.78 is 22.3. The Morgan fingerprint density at radius 3 is 2.33 bits per heavy atom. The Morgan fingerprint density at radius 1 is 1.06 bits per heavy atom. The van der Waals surface area contributed by atoms with E-state index in [0.717, 1.165) is 22.4 Å². The first-order valence-electron chi connectivity index (χ1n) is 11.1. The quantitative estimate of drug-likeness (QED) is 0.221. The third-order valence-corrected chi connectivity index (χ3v) is 6.75. The molecule has 0 unspecified atom stereocenters. The van der Waals surface area contributed by atoms with E-state index in [2.05, 4.69) is 53.6 Å². The van der Waals surface area contributed by atoms with Crippen LogP contribution in [0.4, 0.5) is 4.79 Å². The molecule has 0 N–H and O–H groups in total. The first-order valence-corrected chi connectivity index (χ1v) is 12.7. The van der Waals surface area contributed by atoms with Crippen LogP contribution >= 0.6 is 27.7 Å². The van der Waals surface area contributed by atoms with Crippen molar-refractivity contribution in [3.8, 4) is 17.2 Å². The largest absolute Gasteiger partial charge is 0.493 e. The fourth-order valence-electron chi connectivity index (χ4n) is 3.30. The number of carbonyl (C=O) groups is 3. The van der Waals surface area contributed by atoms with Crippen molar-refractivity contribution in [1.29, 1.82) is 0 Å². The number of carbonyl (C=O) groups excluding carboxylic acids is 3. The molecule has 0 aliphatic carbocycles. The summed E-state index contributed by atoms with van der Waals surface area (Å²) in [5.41, 5.74) is 1.92. The molecule has 8 nitrogen and oxygen atoms in total. The average Bonchev–Trinajstić information content (AvgIpc) is 3.09. The normalized spacial score (nSPS) is 14.8. The van der Waals surface area contributed by atoms with Gasteiger partial charge in [-0.3, -0.25) is 19.3 Å². The first kappa shape index (κ1) is 27.6. The van der Waals surface area contributed by atoms with Crippen molar-refractivity contribution in [2.45, 2.75) is 26.2 Å². The molecule has 0 radical (unpaired) electrons. The Bertz CT molecular complexity index is 1170. The average molecular weight is 578 g/mol. The SMILES string of the molecule is COC(=O)CN1C(=O)S/C(=C\c2cc(Br)c(OCCOc3ccc(C(C)(C)C)cc3)c(OC)c2)C1=O. The number of halogens is 1. The maximum absolute atomic E-state index is 12.6. The molecule has 192 valence electrons. The number of rotatable bonds is 9. The molecule has 0 spiro atoms. The van der Waals surface area contributed by atoms with Crippen LogP contribution in [0, 0.1) is 0 Å². The number of nitrogens with zero attached hydrogens (tertiary/aromatic N) is 1. The van der Waals surface area contributed by atoms with E-state index in [4.69, 9.17) is 14.2 Å². The summed E-state index contributed by atoms with van der Waals surface area (Å²) in [6.07, 6.45) is 1.56. The summed E-state index contributed by atoms with van der Waals surface area (Å²) >= 11 is 4.24. The van der Waals surface area contributed by atoms with Crippen LogP contribution < -0.4 is 14.2 Å². The van der Waals surface area contributed by atoms with E-state index in [1.807, 2.05) is 12.1 Å². The van der Waals surface area contributed by atoms with Gasteiger partial charge in [0.15, 0.2) is 11.5 Å². The van der Waals surface area contributed by atoms with Crippen LogP contribution in [0.5, 0.6) is 17.2 Å². The number of amides is 2. The number of hydrogen-bond acceptors (Lipinski definition) is 8. The molecule has 2 amide bonds. The van der Waals surface area contributed by atoms with Crippen molar-refractivity contribution in [2.24, 2.45) is 0 Å². The highest BCUT2D eigenvalue weighted by molar-refractivity contribution is 9.10. The van der Waals surface area contributed by atoms with Gasteiger partial charge in [0, 0.05) is 0 Å². The molecule has 0 atom stereocenters. The van der Waals surface area contributed by atoms with Crippen molar-refractivity contribution in [3.05, 3.63) is 56.9 Å². The number of esters is 1. The molecule has 2 aromatic carbocycles. The van der Waals surface area contributed by atoms with Crippen molar-refractivity contribution in [3.63, 3.8) is 0 Å². The van der Waals surface area contributed by atoms with Crippen molar-refractivity contribution in [1.82, 2.24) is 4.90 Å². The van der Waals surface area contributed by atoms with Crippen LogP contribution in [0.2, 0.25) is 0 Å². The number of ether oxygens (including phenoxy) is 4. The van der Waals surface area contributed by atoms with Crippen LogP contribution in [0.1, 0.15) is 31.9 Å². The standard InChI is InChI=1S/C26H28BrNO7S/c1-26(2,3)17-6-8-18(9-7-17)34-10-11-35-23-19(27)12-16(13-20(23)32-4)14-21-24(30)28(25(31)36-21)15-22(29)33-5/h6-9,12-14H,10-11,15H2,1-5H3/b21-14-. The van der Waals surface area contributed by atoms with Gasteiger partial charge in [-0.25, -0.2) is 0 Å². The van der Waals surface area contributed by atoms with Gasteiger partial charge in [0.05, 0.1) is 23.6 Å². The highest BCUT2D eigenvalue weighted by atomic mass is 79.9. The third-order valence-electron chi connectivity index (χ3n) is 5.26. The van der Waals surface area contributed by atoms with Gasteiger partial charge >= 0.3 is 5.97 Å². The second-order valence-corrected chi connectivity index (χ2v) is 10.7. The molecule has 36 heavy (non-hydrogen) atoms. The van der Waals surface area contributed by atoms with E-state index >= 15 is 0 Å². The lowest BCUT2D eigenvalue weighted by atomic mass is 9.87. The lowest BCUT2D eigenvalue weighted by Gasteiger charge is -2.19. The van der Waals surface area contributed by atoms with Gasteiger partial charge in [-0.05, 0) is 74.6 Å². The third kappa shape index (κ3) is 6.82. The molecule has 3 rings (SSSR count). The smallest absolute Gasteiger partial charge is 0.325 e. The van der Waals surface area contributed by atoms with E-state index in [-0.39, 0.29) is 16.9 Å². The summed E-state index contributed by atoms with van der Waals surface area (Å²) in [5, 5.41) is -0.532. The van der Waals surface area contributed by atoms with Crippen molar-refractivity contribution in [2.75, 3.05) is 34.0 Å². The van der Waals surface area contributed by atoms with E-state index in [0.29, 0.717) is 28.1 Å². The first-order chi connectivity index (χ1) is 17.0. The molecule has 0 bridgehead atoms. The molecule has 10 heteroatoms. The topological polar surface area (TPSA) is 91.4 Å². The Hall–Kier alpha value is -2.98. The van der Waals surface area contributed by atoms with Crippen LogP contribution in [-0.2, 0) is 19.7 Å². The van der Waals surface area contributed by atoms with Gasteiger partial charge in [-0.2, -0.15) is 0 Å². The van der Waals surface area contributed by atoms with Gasteiger partial charge in [0.2, 0.25) is 0 Å². The number of methoxy groups -OCH3 is 2.